The lowest BCUT2D eigenvalue weighted by Crippen LogP contribution is -2.79. The molecule has 4 saturated heterocycles. The third-order valence-electron chi connectivity index (χ3n) is 21.3. The number of carbonyl (C=O) groups excluding carboxylic acids is 3. The second-order valence-electron chi connectivity index (χ2n) is 25.9. The molecule has 26 atom stereocenters. The summed E-state index contributed by atoms with van der Waals surface area (Å²) in [5, 5.41) is 72.3. The number of fused-ring (bicyclic) bond motifs is 5. The van der Waals surface area contributed by atoms with Gasteiger partial charge >= 0.3 is 17.9 Å². The zero-order valence-corrected chi connectivity index (χ0v) is 52.7. The Hall–Kier alpha value is -4.29. The van der Waals surface area contributed by atoms with Crippen LogP contribution < -0.4 is 0 Å². The molecule has 10 rings (SSSR count). The Labute approximate surface area is 519 Å². The van der Waals surface area contributed by atoms with Crippen molar-refractivity contribution in [1.29, 1.82) is 0 Å². The van der Waals surface area contributed by atoms with Crippen LogP contribution >= 0.6 is 0 Å². The third-order valence-corrected chi connectivity index (χ3v) is 21.3. The monoisotopic (exact) mass is 1260 g/mol. The molecule has 24 heteroatoms. The summed E-state index contributed by atoms with van der Waals surface area (Å²) in [5.41, 5.74) is -8.36. The van der Waals surface area contributed by atoms with Crippen molar-refractivity contribution in [1.82, 2.24) is 0 Å². The Morgan fingerprint density at radius 3 is 1.78 bits per heavy atom. The summed E-state index contributed by atoms with van der Waals surface area (Å²) in [7, 11) is 6.15. The van der Waals surface area contributed by atoms with Crippen LogP contribution in [0.2, 0.25) is 0 Å². The quantitative estimate of drug-likeness (QED) is 0.0630. The van der Waals surface area contributed by atoms with Gasteiger partial charge in [0, 0.05) is 66.0 Å². The van der Waals surface area contributed by atoms with Crippen molar-refractivity contribution in [2.24, 2.45) is 16.7 Å². The number of methoxy groups -OCH3 is 4. The molecule has 0 amide bonds. The van der Waals surface area contributed by atoms with Crippen LogP contribution in [0, 0.1) is 16.7 Å². The van der Waals surface area contributed by atoms with Gasteiger partial charge in [-0.25, -0.2) is 9.59 Å². The molecule has 8 aliphatic rings. The SMILES string of the molecule is CO[C@@H]1[C@@H](O)[C@@H](O[C@@H]2[C@H](C)O[C@@H](O[C@@H]3[C@H](C)O[C@@H](O[C@@H]4[C@H](C)O[C@@H](O[C@H]5CC[C@@]6(COC(=O)c7ccccc7O)C(=CC[C@]7(O)[C@@H]6C[C@@H](OC(=O)c6ccccc6)[C@@]6(C)[C@]7(O)CC[C@@]6(O)[C@H](C)OC(C)=O)C5)C[C@@H]4OC)C[C@@H]3OC)C[C@@H]2OC)O[C@@H](C)[C@H]1O. The van der Waals surface area contributed by atoms with Gasteiger partial charge in [0.05, 0.1) is 59.8 Å². The van der Waals surface area contributed by atoms with Gasteiger partial charge in [-0.05, 0) is 104 Å². The summed E-state index contributed by atoms with van der Waals surface area (Å²) in [5.74, 6) is -3.47. The summed E-state index contributed by atoms with van der Waals surface area (Å²) >= 11 is 0. The van der Waals surface area contributed by atoms with E-state index in [1.165, 1.54) is 33.1 Å². The van der Waals surface area contributed by atoms with Crippen LogP contribution in [0.3, 0.4) is 0 Å². The van der Waals surface area contributed by atoms with E-state index in [0.29, 0.717) is 6.42 Å². The number of hydrogen-bond donors (Lipinski definition) is 6. The van der Waals surface area contributed by atoms with Gasteiger partial charge in [-0.2, -0.15) is 0 Å². The molecular weight excluding hydrogens is 1160 g/mol. The van der Waals surface area contributed by atoms with Crippen LogP contribution in [0.25, 0.3) is 0 Å². The molecule has 0 bridgehead atoms. The average Bonchev–Trinajstić information content (AvgIpc) is 1.63. The fraction of sp³-hybridized carbons (Fsp3) is 0.738. The zero-order valence-electron chi connectivity index (χ0n) is 52.7. The van der Waals surface area contributed by atoms with E-state index in [1.54, 1.807) is 77.6 Å². The number of ether oxygens (including phenoxy) is 15. The first-order valence-electron chi connectivity index (χ1n) is 31.3. The van der Waals surface area contributed by atoms with Gasteiger partial charge < -0.3 is 102 Å². The molecule has 6 N–H and O–H groups in total. The van der Waals surface area contributed by atoms with E-state index < -0.39 is 174 Å². The van der Waals surface area contributed by atoms with E-state index >= 15 is 0 Å². The van der Waals surface area contributed by atoms with Crippen molar-refractivity contribution in [2.75, 3.05) is 35.0 Å². The van der Waals surface area contributed by atoms with Crippen LogP contribution in [0.5, 0.6) is 5.75 Å². The van der Waals surface area contributed by atoms with Gasteiger partial charge in [0.15, 0.2) is 25.2 Å². The molecule has 0 spiro atoms. The maximum absolute atomic E-state index is 14.2. The number of aliphatic hydroxyl groups is 5. The Morgan fingerprint density at radius 1 is 0.652 bits per heavy atom. The molecule has 7 fully saturated rings. The fourth-order valence-electron chi connectivity index (χ4n) is 16.3. The highest BCUT2D eigenvalue weighted by Crippen LogP contribution is 2.72. The summed E-state index contributed by atoms with van der Waals surface area (Å²) in [6, 6.07) is 14.3. The van der Waals surface area contributed by atoms with Gasteiger partial charge in [-0.1, -0.05) is 48.9 Å². The van der Waals surface area contributed by atoms with Gasteiger partial charge in [0.25, 0.3) is 0 Å². The van der Waals surface area contributed by atoms with E-state index in [2.05, 4.69) is 0 Å². The second-order valence-corrected chi connectivity index (χ2v) is 25.9. The molecule has 496 valence electrons. The highest BCUT2D eigenvalue weighted by atomic mass is 16.8. The zero-order chi connectivity index (χ0) is 64.1. The van der Waals surface area contributed by atoms with E-state index in [4.69, 9.17) is 71.1 Å². The Balaban J connectivity index is 0.828. The summed E-state index contributed by atoms with van der Waals surface area (Å²) in [4.78, 5) is 40.7. The van der Waals surface area contributed by atoms with Gasteiger partial charge in [0.2, 0.25) is 0 Å². The highest BCUT2D eigenvalue weighted by Gasteiger charge is 2.82. The predicted molar refractivity (Wildman–Crippen MR) is 310 cm³/mol. The number of phenols is 1. The first-order valence-corrected chi connectivity index (χ1v) is 31.3. The third kappa shape index (κ3) is 12.4. The Kier molecular flexibility index (Phi) is 20.5. The maximum Gasteiger partial charge on any atom is 0.341 e. The van der Waals surface area contributed by atoms with Crippen LogP contribution in [0.4, 0.5) is 0 Å². The number of benzene rings is 2. The van der Waals surface area contributed by atoms with Crippen LogP contribution in [-0.4, -0.2) is 223 Å². The number of phenolic OH excluding ortho intramolecular Hbond substituents is 1. The number of carbonyl (C=O) groups is 3. The lowest BCUT2D eigenvalue weighted by molar-refractivity contribution is -0.356. The fourth-order valence-corrected chi connectivity index (χ4v) is 16.3. The lowest BCUT2D eigenvalue weighted by Gasteiger charge is -2.67. The summed E-state index contributed by atoms with van der Waals surface area (Å²) in [6.45, 7) is 11.2. The number of rotatable bonds is 19. The van der Waals surface area contributed by atoms with Crippen molar-refractivity contribution in [3.8, 4) is 5.75 Å². The lowest BCUT2D eigenvalue weighted by atomic mass is 9.42. The van der Waals surface area contributed by atoms with Crippen LogP contribution in [-0.2, 0) is 75.8 Å². The van der Waals surface area contributed by atoms with E-state index in [1.807, 2.05) is 26.8 Å². The van der Waals surface area contributed by atoms with Crippen molar-refractivity contribution >= 4 is 17.9 Å². The number of aromatic hydroxyl groups is 1. The molecule has 2 aromatic rings. The predicted octanol–water partition coefficient (Wildman–Crippen LogP) is 4.71. The van der Waals surface area contributed by atoms with Crippen LogP contribution in [0.1, 0.15) is 133 Å². The van der Waals surface area contributed by atoms with E-state index in [0.717, 1.165) is 5.57 Å². The molecule has 2 aromatic carbocycles. The minimum absolute atomic E-state index is 0.0706. The van der Waals surface area contributed by atoms with Gasteiger partial charge in [-0.15, -0.1) is 0 Å². The summed E-state index contributed by atoms with van der Waals surface area (Å²) < 4.78 is 93.4. The largest absolute Gasteiger partial charge is 0.507 e. The number of esters is 3. The first kappa shape index (κ1) is 67.6. The minimum Gasteiger partial charge on any atom is -0.507 e. The molecule has 4 aliphatic heterocycles. The standard InChI is InChI=1S/C65H92O24/c1-33-52(68)57(78-11)53(69)60(83-33)89-56-36(4)82-51(30-46(56)77-10)88-55-35(3)81-50(29-45(55)76-9)87-54-34(2)80-49(28-44(54)75-8)85-41-22-23-62(32-79-59(71)42-19-15-16-20-43(42)67)40(27-41)21-24-64(73)47(62)31-48(86-58(70)39-17-13-12-14-18-39)61(7)63(72,25-26-65(61,64)74)37(5)84-38(6)66/h12-21,33-37,41,44-57,60,67-69,72-74H,22-32H2,1-11H3/t33-,34-,35-,36-,37-,41-,44-,45-,46-,47+,48+,49-,50-,51-,52+,53+,54+,55+,56+,57-,60+,61+,62+,63+,64-,65+/m0/s1. The summed E-state index contributed by atoms with van der Waals surface area (Å²) in [6.07, 6.45) is -12.3. The van der Waals surface area contributed by atoms with E-state index in [-0.39, 0.29) is 81.3 Å². The average molecular weight is 1260 g/mol. The molecule has 3 saturated carbocycles. The number of aliphatic hydroxyl groups excluding tert-OH is 2. The molecule has 24 nitrogen and oxygen atoms in total. The van der Waals surface area contributed by atoms with Gasteiger partial charge in [-0.3, -0.25) is 4.79 Å². The molecule has 4 aliphatic carbocycles. The second kappa shape index (κ2) is 27.0. The molecule has 0 radical (unpaired) electrons. The molecular formula is C65H92O24. The smallest absolute Gasteiger partial charge is 0.341 e. The van der Waals surface area contributed by atoms with Crippen LogP contribution in [0.15, 0.2) is 66.2 Å². The van der Waals surface area contributed by atoms with Crippen molar-refractivity contribution < 1.29 is 116 Å². The molecule has 0 unspecified atom stereocenters. The highest BCUT2D eigenvalue weighted by molar-refractivity contribution is 5.92. The van der Waals surface area contributed by atoms with Crippen molar-refractivity contribution in [3.05, 3.63) is 77.4 Å². The number of para-hydroxylation sites is 1. The van der Waals surface area contributed by atoms with E-state index in [9.17, 15) is 45.0 Å². The van der Waals surface area contributed by atoms with Gasteiger partial charge in [0.1, 0.15) is 83.6 Å². The molecule has 0 aromatic heterocycles. The van der Waals surface area contributed by atoms with Crippen molar-refractivity contribution in [3.63, 3.8) is 0 Å². The molecule has 4 heterocycles. The molecule has 89 heavy (non-hydrogen) atoms. The number of hydrogen-bond acceptors (Lipinski definition) is 24. The normalized spacial score (nSPS) is 44.2. The first-order chi connectivity index (χ1) is 42.3. The minimum atomic E-state index is -2.18. The Bertz CT molecular complexity index is 2810. The van der Waals surface area contributed by atoms with Crippen molar-refractivity contribution in [2.45, 2.75) is 252 Å². The topological polar surface area (TPSA) is 311 Å². The Morgan fingerprint density at radius 2 is 1.21 bits per heavy atom. The maximum atomic E-state index is 14.2.